The van der Waals surface area contributed by atoms with Gasteiger partial charge in [0.25, 0.3) is 0 Å². The van der Waals surface area contributed by atoms with Crippen LogP contribution in [0, 0.1) is 0 Å². The number of aromatic nitrogens is 2. The SMILES string of the molecule is CN=C(NCCn1cccn1)N(C)Cc1ccccc1. The topological polar surface area (TPSA) is 45.5 Å². The van der Waals surface area contributed by atoms with Crippen LogP contribution in [0.15, 0.2) is 53.8 Å². The van der Waals surface area contributed by atoms with E-state index in [1.807, 2.05) is 30.1 Å². The average molecular weight is 271 g/mol. The minimum absolute atomic E-state index is 0.799. The highest BCUT2D eigenvalue weighted by Crippen LogP contribution is 2.02. The highest BCUT2D eigenvalue weighted by Gasteiger charge is 2.05. The Morgan fingerprint density at radius 2 is 2.10 bits per heavy atom. The van der Waals surface area contributed by atoms with Crippen LogP contribution >= 0.6 is 0 Å². The second kappa shape index (κ2) is 7.33. The number of nitrogens with zero attached hydrogens (tertiary/aromatic N) is 4. The normalized spacial score (nSPS) is 11.4. The number of aliphatic imine (C=N–C) groups is 1. The van der Waals surface area contributed by atoms with Crippen molar-refractivity contribution in [3.05, 3.63) is 54.4 Å². The van der Waals surface area contributed by atoms with E-state index in [9.17, 15) is 0 Å². The van der Waals surface area contributed by atoms with Gasteiger partial charge in [-0.05, 0) is 11.6 Å². The van der Waals surface area contributed by atoms with Gasteiger partial charge in [-0.15, -0.1) is 0 Å². The van der Waals surface area contributed by atoms with Crippen molar-refractivity contribution in [2.45, 2.75) is 13.1 Å². The van der Waals surface area contributed by atoms with Crippen LogP contribution in [-0.2, 0) is 13.1 Å². The van der Waals surface area contributed by atoms with Gasteiger partial charge in [0.15, 0.2) is 5.96 Å². The number of benzene rings is 1. The number of hydrogen-bond acceptors (Lipinski definition) is 2. The van der Waals surface area contributed by atoms with E-state index in [-0.39, 0.29) is 0 Å². The van der Waals surface area contributed by atoms with E-state index in [0.29, 0.717) is 0 Å². The van der Waals surface area contributed by atoms with Crippen LogP contribution in [-0.4, -0.2) is 41.3 Å². The molecule has 0 saturated heterocycles. The lowest BCUT2D eigenvalue weighted by molar-refractivity contribution is 0.470. The standard InChI is InChI=1S/C15H21N5/c1-16-15(17-10-12-20-11-6-9-18-20)19(2)13-14-7-4-3-5-8-14/h3-9,11H,10,12-13H2,1-2H3,(H,16,17). The predicted molar refractivity (Wildman–Crippen MR) is 81.5 cm³/mol. The lowest BCUT2D eigenvalue weighted by Crippen LogP contribution is -2.39. The molecule has 0 spiro atoms. The first kappa shape index (κ1) is 14.1. The van der Waals surface area contributed by atoms with Crippen LogP contribution < -0.4 is 5.32 Å². The Hall–Kier alpha value is -2.30. The van der Waals surface area contributed by atoms with Gasteiger partial charge < -0.3 is 10.2 Å². The predicted octanol–water partition coefficient (Wildman–Crippen LogP) is 1.59. The summed E-state index contributed by atoms with van der Waals surface area (Å²) in [6.07, 6.45) is 3.74. The van der Waals surface area contributed by atoms with Gasteiger partial charge in [-0.25, -0.2) is 0 Å². The summed E-state index contributed by atoms with van der Waals surface area (Å²) in [5.41, 5.74) is 1.27. The molecule has 0 bridgehead atoms. The summed E-state index contributed by atoms with van der Waals surface area (Å²) in [5, 5.41) is 7.52. The molecule has 106 valence electrons. The molecular formula is C15H21N5. The first-order valence-corrected chi connectivity index (χ1v) is 6.72. The summed E-state index contributed by atoms with van der Waals surface area (Å²) in [7, 11) is 3.84. The van der Waals surface area contributed by atoms with E-state index in [2.05, 4.69) is 44.6 Å². The molecule has 2 rings (SSSR count). The maximum atomic E-state index is 4.30. The molecular weight excluding hydrogens is 250 g/mol. The van der Waals surface area contributed by atoms with Crippen LogP contribution in [0.4, 0.5) is 0 Å². The van der Waals surface area contributed by atoms with Crippen LogP contribution in [0.2, 0.25) is 0 Å². The Bertz CT molecular complexity index is 518. The zero-order valence-electron chi connectivity index (χ0n) is 12.0. The molecule has 20 heavy (non-hydrogen) atoms. The highest BCUT2D eigenvalue weighted by molar-refractivity contribution is 5.79. The molecule has 0 aliphatic heterocycles. The number of nitrogens with one attached hydrogen (secondary N) is 1. The maximum absolute atomic E-state index is 4.30. The smallest absolute Gasteiger partial charge is 0.193 e. The van der Waals surface area contributed by atoms with Gasteiger partial charge in [0.05, 0.1) is 6.54 Å². The van der Waals surface area contributed by atoms with Crippen LogP contribution in [0.5, 0.6) is 0 Å². The first-order chi connectivity index (χ1) is 9.79. The van der Waals surface area contributed by atoms with Gasteiger partial charge >= 0.3 is 0 Å². The fourth-order valence-electron chi connectivity index (χ4n) is 2.03. The fraction of sp³-hybridized carbons (Fsp3) is 0.333. The fourth-order valence-corrected chi connectivity index (χ4v) is 2.03. The van der Waals surface area contributed by atoms with Crippen LogP contribution in [0.3, 0.4) is 0 Å². The summed E-state index contributed by atoms with van der Waals surface area (Å²) in [6, 6.07) is 12.3. The largest absolute Gasteiger partial charge is 0.354 e. The third-order valence-electron chi connectivity index (χ3n) is 3.02. The number of guanidine groups is 1. The molecule has 0 aliphatic rings. The van der Waals surface area contributed by atoms with Crippen LogP contribution in [0.1, 0.15) is 5.56 Å². The van der Waals surface area contributed by atoms with Gasteiger partial charge in [-0.3, -0.25) is 9.67 Å². The molecule has 1 N–H and O–H groups in total. The van der Waals surface area contributed by atoms with Crippen molar-refractivity contribution >= 4 is 5.96 Å². The molecule has 0 amide bonds. The molecule has 2 aromatic rings. The maximum Gasteiger partial charge on any atom is 0.193 e. The van der Waals surface area contributed by atoms with E-state index >= 15 is 0 Å². The van der Waals surface area contributed by atoms with E-state index in [4.69, 9.17) is 0 Å². The summed E-state index contributed by atoms with van der Waals surface area (Å²) < 4.78 is 1.90. The summed E-state index contributed by atoms with van der Waals surface area (Å²) in [4.78, 5) is 6.41. The summed E-state index contributed by atoms with van der Waals surface area (Å²) in [6.45, 7) is 2.46. The van der Waals surface area contributed by atoms with Crippen molar-refractivity contribution in [2.24, 2.45) is 4.99 Å². The molecule has 5 nitrogen and oxygen atoms in total. The van der Waals surface area contributed by atoms with Gasteiger partial charge in [0.1, 0.15) is 0 Å². The van der Waals surface area contributed by atoms with Gasteiger partial charge in [0, 0.05) is 39.6 Å². The Balaban J connectivity index is 1.82. The molecule has 1 aromatic carbocycles. The average Bonchev–Trinajstić information content (AvgIpc) is 2.98. The van der Waals surface area contributed by atoms with Crippen molar-refractivity contribution < 1.29 is 0 Å². The Morgan fingerprint density at radius 3 is 2.75 bits per heavy atom. The molecule has 0 radical (unpaired) electrons. The van der Waals surface area contributed by atoms with Gasteiger partial charge in [0.2, 0.25) is 0 Å². The second-order valence-electron chi connectivity index (χ2n) is 4.58. The second-order valence-corrected chi connectivity index (χ2v) is 4.58. The summed E-state index contributed by atoms with van der Waals surface area (Å²) in [5.74, 6) is 0.890. The molecule has 0 saturated carbocycles. The zero-order valence-corrected chi connectivity index (χ0v) is 12.0. The van der Waals surface area contributed by atoms with E-state index in [0.717, 1.165) is 25.6 Å². The molecule has 0 atom stereocenters. The van der Waals surface area contributed by atoms with Crippen molar-refractivity contribution in [3.63, 3.8) is 0 Å². The minimum Gasteiger partial charge on any atom is -0.354 e. The highest BCUT2D eigenvalue weighted by atomic mass is 15.3. The van der Waals surface area contributed by atoms with E-state index in [1.165, 1.54) is 5.56 Å². The quantitative estimate of drug-likeness (QED) is 0.663. The molecule has 1 heterocycles. The Morgan fingerprint density at radius 1 is 1.30 bits per heavy atom. The molecule has 5 heteroatoms. The van der Waals surface area contributed by atoms with Crippen molar-refractivity contribution in [1.82, 2.24) is 20.0 Å². The van der Waals surface area contributed by atoms with Gasteiger partial charge in [-0.2, -0.15) is 5.10 Å². The lowest BCUT2D eigenvalue weighted by atomic mass is 10.2. The van der Waals surface area contributed by atoms with Crippen LogP contribution in [0.25, 0.3) is 0 Å². The first-order valence-electron chi connectivity index (χ1n) is 6.72. The third kappa shape index (κ3) is 4.12. The van der Waals surface area contributed by atoms with Crippen molar-refractivity contribution in [1.29, 1.82) is 0 Å². The van der Waals surface area contributed by atoms with Gasteiger partial charge in [-0.1, -0.05) is 30.3 Å². The molecule has 0 unspecified atom stereocenters. The zero-order chi connectivity index (χ0) is 14.2. The number of hydrogen-bond donors (Lipinski definition) is 1. The lowest BCUT2D eigenvalue weighted by Gasteiger charge is -2.22. The van der Waals surface area contributed by atoms with Crippen molar-refractivity contribution in [2.75, 3.05) is 20.6 Å². The Kier molecular flexibility index (Phi) is 5.17. The van der Waals surface area contributed by atoms with E-state index < -0.39 is 0 Å². The minimum atomic E-state index is 0.799. The monoisotopic (exact) mass is 271 g/mol. The molecule has 1 aromatic heterocycles. The van der Waals surface area contributed by atoms with E-state index in [1.54, 1.807) is 13.2 Å². The summed E-state index contributed by atoms with van der Waals surface area (Å²) >= 11 is 0. The van der Waals surface area contributed by atoms with Crippen molar-refractivity contribution in [3.8, 4) is 0 Å². The molecule has 0 fully saturated rings. The number of rotatable bonds is 5. The third-order valence-corrected chi connectivity index (χ3v) is 3.02. The molecule has 0 aliphatic carbocycles. The Labute approximate surface area is 119 Å².